The molecule has 0 aliphatic carbocycles. The standard InChI is InChI=1S/C26H37N6O7PS/c1-15(23(34)36-12-25(3,4)5)31-40(41,39-17-10-8-7-9-11-17)38-16(2)19-20(33)26(6,35)24(37-19)32-14-30-18-21(27)28-13-29-22(18)32/h7-11,13-16,19-20,24,33,35H,12H2,1-6H3,(H,31,41)(H2,27,28,29). The van der Waals surface area contributed by atoms with Crippen LogP contribution in [0, 0.1) is 5.41 Å². The van der Waals surface area contributed by atoms with Gasteiger partial charge in [0.15, 0.2) is 17.7 Å². The minimum absolute atomic E-state index is 0.167. The molecule has 1 aliphatic heterocycles. The summed E-state index contributed by atoms with van der Waals surface area (Å²) in [5.74, 6) is 0.0707. The van der Waals surface area contributed by atoms with E-state index in [9.17, 15) is 15.0 Å². The highest BCUT2D eigenvalue weighted by atomic mass is 32.5. The normalized spacial score (nSPS) is 25.9. The van der Waals surface area contributed by atoms with Crippen LogP contribution < -0.4 is 15.3 Å². The third-order valence-electron chi connectivity index (χ3n) is 6.42. The smallest absolute Gasteiger partial charge is 0.323 e. The van der Waals surface area contributed by atoms with Crippen molar-refractivity contribution in [3.63, 3.8) is 0 Å². The molecule has 1 fully saturated rings. The fourth-order valence-electron chi connectivity index (χ4n) is 4.28. The quantitative estimate of drug-likeness (QED) is 0.195. The fourth-order valence-corrected chi connectivity index (χ4v) is 7.11. The minimum atomic E-state index is -3.46. The van der Waals surface area contributed by atoms with E-state index in [4.69, 9.17) is 36.1 Å². The number of nitrogen functional groups attached to an aromatic ring is 1. The number of carbonyl (C=O) groups excluding carboxylic acids is 1. The molecule has 7 unspecified atom stereocenters. The Hall–Kier alpha value is -2.71. The molecule has 7 atom stereocenters. The van der Waals surface area contributed by atoms with Crippen molar-refractivity contribution in [3.05, 3.63) is 43.0 Å². The summed E-state index contributed by atoms with van der Waals surface area (Å²) in [5.41, 5.74) is 4.57. The van der Waals surface area contributed by atoms with E-state index < -0.39 is 48.8 Å². The van der Waals surface area contributed by atoms with Crippen LogP contribution in [0.4, 0.5) is 5.82 Å². The maximum Gasteiger partial charge on any atom is 0.323 e. The minimum Gasteiger partial charge on any atom is -0.464 e. The zero-order valence-electron chi connectivity index (χ0n) is 23.8. The molecule has 224 valence electrons. The summed E-state index contributed by atoms with van der Waals surface area (Å²) in [6, 6.07) is 7.92. The van der Waals surface area contributed by atoms with Gasteiger partial charge in [-0.3, -0.25) is 9.36 Å². The van der Waals surface area contributed by atoms with Gasteiger partial charge in [-0.05, 0) is 50.1 Å². The lowest BCUT2D eigenvalue weighted by atomic mass is 9.94. The third kappa shape index (κ3) is 7.03. The number of ether oxygens (including phenoxy) is 2. The molecular formula is C26H37N6O7PS. The number of esters is 1. The van der Waals surface area contributed by atoms with Gasteiger partial charge in [-0.2, -0.15) is 0 Å². The Morgan fingerprint density at radius 2 is 1.95 bits per heavy atom. The molecule has 5 N–H and O–H groups in total. The molecule has 13 nitrogen and oxygen atoms in total. The zero-order chi connectivity index (χ0) is 30.2. The van der Waals surface area contributed by atoms with E-state index in [2.05, 4.69) is 20.0 Å². The van der Waals surface area contributed by atoms with Crippen LogP contribution in [0.5, 0.6) is 5.75 Å². The Labute approximate surface area is 243 Å². The largest absolute Gasteiger partial charge is 0.464 e. The van der Waals surface area contributed by atoms with Crippen molar-refractivity contribution in [3.8, 4) is 5.75 Å². The molecule has 0 spiro atoms. The number of para-hydroxylation sites is 1. The maximum atomic E-state index is 12.8. The van der Waals surface area contributed by atoms with E-state index in [1.165, 1.54) is 24.1 Å². The van der Waals surface area contributed by atoms with Crippen molar-refractivity contribution in [1.82, 2.24) is 24.6 Å². The highest BCUT2D eigenvalue weighted by Gasteiger charge is 2.56. The second kappa shape index (κ2) is 11.9. The van der Waals surface area contributed by atoms with Crippen LogP contribution in [0.15, 0.2) is 43.0 Å². The summed E-state index contributed by atoms with van der Waals surface area (Å²) >= 11 is 5.83. The molecular weight excluding hydrogens is 571 g/mol. The van der Waals surface area contributed by atoms with E-state index in [-0.39, 0.29) is 17.8 Å². The van der Waals surface area contributed by atoms with Gasteiger partial charge in [-0.25, -0.2) is 20.0 Å². The molecule has 41 heavy (non-hydrogen) atoms. The van der Waals surface area contributed by atoms with Gasteiger partial charge in [-0.1, -0.05) is 39.0 Å². The molecule has 4 rings (SSSR count). The van der Waals surface area contributed by atoms with Gasteiger partial charge < -0.3 is 34.5 Å². The van der Waals surface area contributed by atoms with Crippen LogP contribution in [0.3, 0.4) is 0 Å². The number of fused-ring (bicyclic) bond motifs is 1. The Balaban J connectivity index is 1.56. The first kappa shape index (κ1) is 31.2. The highest BCUT2D eigenvalue weighted by Crippen LogP contribution is 2.49. The lowest BCUT2D eigenvalue weighted by molar-refractivity contribution is -0.148. The Morgan fingerprint density at radius 3 is 2.61 bits per heavy atom. The summed E-state index contributed by atoms with van der Waals surface area (Å²) < 4.78 is 25.4. The number of aliphatic hydroxyl groups is 2. The average Bonchev–Trinajstić information content (AvgIpc) is 3.41. The van der Waals surface area contributed by atoms with E-state index in [0.29, 0.717) is 16.9 Å². The zero-order valence-corrected chi connectivity index (χ0v) is 25.5. The number of hydrogen-bond acceptors (Lipinski definition) is 12. The fraction of sp³-hybridized carbons (Fsp3) is 0.538. The molecule has 0 radical (unpaired) electrons. The van der Waals surface area contributed by atoms with Crippen LogP contribution >= 0.6 is 6.64 Å². The van der Waals surface area contributed by atoms with Gasteiger partial charge in [0.25, 0.3) is 0 Å². The first-order valence-corrected chi connectivity index (χ1v) is 15.7. The summed E-state index contributed by atoms with van der Waals surface area (Å²) in [4.78, 5) is 25.1. The number of hydrogen-bond donors (Lipinski definition) is 4. The van der Waals surface area contributed by atoms with Crippen LogP contribution in [-0.4, -0.2) is 72.3 Å². The number of anilines is 1. The number of aromatic nitrogens is 4. The summed E-state index contributed by atoms with van der Waals surface area (Å²) in [7, 11) is 0. The maximum absolute atomic E-state index is 12.8. The number of benzene rings is 1. The number of carbonyl (C=O) groups is 1. The Morgan fingerprint density at radius 1 is 1.27 bits per heavy atom. The summed E-state index contributed by atoms with van der Waals surface area (Å²) in [6.45, 7) is 7.30. The first-order chi connectivity index (χ1) is 19.1. The number of nitrogens with one attached hydrogen (secondary N) is 1. The first-order valence-electron chi connectivity index (χ1n) is 13.1. The molecule has 0 saturated carbocycles. The molecule has 1 saturated heterocycles. The van der Waals surface area contributed by atoms with Crippen molar-refractivity contribution in [2.24, 2.45) is 5.41 Å². The van der Waals surface area contributed by atoms with Crippen molar-refractivity contribution >= 4 is 41.4 Å². The monoisotopic (exact) mass is 608 g/mol. The summed E-state index contributed by atoms with van der Waals surface area (Å²) in [5, 5.41) is 25.5. The van der Waals surface area contributed by atoms with E-state index in [1.54, 1.807) is 38.1 Å². The average molecular weight is 609 g/mol. The Bertz CT molecular complexity index is 1420. The molecule has 1 aliphatic rings. The number of aliphatic hydroxyl groups excluding tert-OH is 1. The lowest BCUT2D eigenvalue weighted by Crippen LogP contribution is -2.46. The van der Waals surface area contributed by atoms with E-state index in [1.807, 2.05) is 26.8 Å². The SMILES string of the molecule is CC(NP(=S)(Oc1ccccc1)OC(C)C1OC(n2cnc3c(N)ncnc32)C(C)(O)C1O)C(=O)OCC(C)(C)C. The molecule has 3 aromatic rings. The summed E-state index contributed by atoms with van der Waals surface area (Å²) in [6.07, 6.45) is -1.79. The highest BCUT2D eigenvalue weighted by molar-refractivity contribution is 8.09. The number of nitrogens with two attached hydrogens (primary N) is 1. The van der Waals surface area contributed by atoms with Crippen molar-refractivity contribution in [1.29, 1.82) is 0 Å². The molecule has 0 amide bonds. The number of nitrogens with zero attached hydrogens (tertiary/aromatic N) is 4. The van der Waals surface area contributed by atoms with Gasteiger partial charge in [0.1, 0.15) is 41.4 Å². The van der Waals surface area contributed by atoms with E-state index in [0.717, 1.165) is 0 Å². The third-order valence-corrected chi connectivity index (χ3v) is 8.99. The van der Waals surface area contributed by atoms with Gasteiger partial charge in [0.2, 0.25) is 0 Å². The van der Waals surface area contributed by atoms with Crippen LogP contribution in [0.1, 0.15) is 47.8 Å². The van der Waals surface area contributed by atoms with E-state index >= 15 is 0 Å². The lowest BCUT2D eigenvalue weighted by Gasteiger charge is -2.32. The predicted octanol–water partition coefficient (Wildman–Crippen LogP) is 2.69. The van der Waals surface area contributed by atoms with Crippen molar-refractivity contribution in [2.45, 2.75) is 77.7 Å². The van der Waals surface area contributed by atoms with Crippen molar-refractivity contribution < 1.29 is 33.5 Å². The van der Waals surface area contributed by atoms with Gasteiger partial charge in [-0.15, -0.1) is 0 Å². The molecule has 15 heteroatoms. The number of imidazole rings is 1. The molecule has 1 aromatic carbocycles. The van der Waals surface area contributed by atoms with Gasteiger partial charge >= 0.3 is 12.6 Å². The topological polar surface area (TPSA) is 176 Å². The predicted molar refractivity (Wildman–Crippen MR) is 155 cm³/mol. The second-order valence-corrected chi connectivity index (χ2v) is 14.5. The van der Waals surface area contributed by atoms with Gasteiger partial charge in [0.05, 0.1) is 19.0 Å². The van der Waals surface area contributed by atoms with Crippen LogP contribution in [0.25, 0.3) is 11.2 Å². The van der Waals surface area contributed by atoms with Gasteiger partial charge in [0, 0.05) is 0 Å². The van der Waals surface area contributed by atoms with Crippen LogP contribution in [0.2, 0.25) is 0 Å². The second-order valence-electron chi connectivity index (χ2n) is 11.4. The molecule has 0 bridgehead atoms. The Kier molecular flexibility index (Phi) is 9.05. The molecule has 2 aromatic heterocycles. The van der Waals surface area contributed by atoms with Crippen LogP contribution in [-0.2, 0) is 30.6 Å². The number of rotatable bonds is 10. The molecule has 3 heterocycles. The van der Waals surface area contributed by atoms with Crippen molar-refractivity contribution in [2.75, 3.05) is 12.3 Å².